The van der Waals surface area contributed by atoms with E-state index in [0.717, 1.165) is 31.6 Å². The fraction of sp³-hybridized carbons (Fsp3) is 0.294. The first-order chi connectivity index (χ1) is 9.78. The summed E-state index contributed by atoms with van der Waals surface area (Å²) in [6.45, 7) is 2.46. The normalized spacial score (nSPS) is 13.6. The van der Waals surface area contributed by atoms with E-state index in [4.69, 9.17) is 5.73 Å². The van der Waals surface area contributed by atoms with Crippen LogP contribution in [0.5, 0.6) is 0 Å². The third kappa shape index (κ3) is 2.54. The van der Waals surface area contributed by atoms with Gasteiger partial charge in [-0.1, -0.05) is 30.3 Å². The molecule has 0 fully saturated rings. The lowest BCUT2D eigenvalue weighted by atomic mass is 10.0. The second kappa shape index (κ2) is 5.63. The van der Waals surface area contributed by atoms with Gasteiger partial charge in [0.25, 0.3) is 0 Å². The predicted octanol–water partition coefficient (Wildman–Crippen LogP) is 2.89. The third-order valence-corrected chi connectivity index (χ3v) is 4.03. The molecule has 0 atom stereocenters. The van der Waals surface area contributed by atoms with Gasteiger partial charge in [0.15, 0.2) is 0 Å². The van der Waals surface area contributed by atoms with Crippen LogP contribution in [0.15, 0.2) is 42.5 Å². The summed E-state index contributed by atoms with van der Waals surface area (Å²) in [7, 11) is 0. The van der Waals surface area contributed by atoms with Gasteiger partial charge in [-0.2, -0.15) is 0 Å². The van der Waals surface area contributed by atoms with Gasteiger partial charge in [-0.15, -0.1) is 0 Å². The van der Waals surface area contributed by atoms with Crippen LogP contribution in [0, 0.1) is 5.82 Å². The highest BCUT2D eigenvalue weighted by atomic mass is 19.1. The van der Waals surface area contributed by atoms with Gasteiger partial charge in [0.2, 0.25) is 0 Å². The maximum absolute atomic E-state index is 13.4. The molecule has 0 saturated carbocycles. The minimum atomic E-state index is -0.155. The van der Waals surface area contributed by atoms with Crippen LogP contribution in [0.25, 0.3) is 0 Å². The van der Waals surface area contributed by atoms with Crippen LogP contribution in [0.1, 0.15) is 16.7 Å². The van der Waals surface area contributed by atoms with Gasteiger partial charge >= 0.3 is 0 Å². The summed E-state index contributed by atoms with van der Waals surface area (Å²) in [5.74, 6) is -0.155. The quantitative estimate of drug-likeness (QED) is 0.925. The fourth-order valence-corrected chi connectivity index (χ4v) is 2.91. The lowest BCUT2D eigenvalue weighted by molar-refractivity contribution is 0.627. The third-order valence-electron chi connectivity index (χ3n) is 4.03. The summed E-state index contributed by atoms with van der Waals surface area (Å²) < 4.78 is 13.4. The number of rotatable bonds is 4. The SMILES string of the molecule is NCc1ccccc1CCN1CCc2ccc(F)cc21. The molecule has 2 nitrogen and oxygen atoms in total. The van der Waals surface area contributed by atoms with Gasteiger partial charge in [0, 0.05) is 25.3 Å². The first kappa shape index (κ1) is 13.1. The molecule has 1 aliphatic heterocycles. The number of fused-ring (bicyclic) bond motifs is 1. The summed E-state index contributed by atoms with van der Waals surface area (Å²) in [6, 6.07) is 13.4. The topological polar surface area (TPSA) is 29.3 Å². The van der Waals surface area contributed by atoms with E-state index in [-0.39, 0.29) is 5.82 Å². The van der Waals surface area contributed by atoms with Gasteiger partial charge in [-0.3, -0.25) is 0 Å². The molecule has 0 unspecified atom stereocenters. The van der Waals surface area contributed by atoms with Crippen molar-refractivity contribution in [3.63, 3.8) is 0 Å². The highest BCUT2D eigenvalue weighted by Gasteiger charge is 2.19. The minimum Gasteiger partial charge on any atom is -0.371 e. The number of nitrogens with two attached hydrogens (primary N) is 1. The van der Waals surface area contributed by atoms with Crippen molar-refractivity contribution in [1.82, 2.24) is 0 Å². The zero-order chi connectivity index (χ0) is 13.9. The van der Waals surface area contributed by atoms with Crippen LogP contribution < -0.4 is 10.6 Å². The molecular weight excluding hydrogens is 251 g/mol. The van der Waals surface area contributed by atoms with Crippen LogP contribution in [-0.2, 0) is 19.4 Å². The van der Waals surface area contributed by atoms with Crippen molar-refractivity contribution in [2.75, 3.05) is 18.0 Å². The summed E-state index contributed by atoms with van der Waals surface area (Å²) in [6.07, 6.45) is 1.96. The Labute approximate surface area is 119 Å². The van der Waals surface area contributed by atoms with Crippen molar-refractivity contribution >= 4 is 5.69 Å². The van der Waals surface area contributed by atoms with E-state index < -0.39 is 0 Å². The zero-order valence-electron chi connectivity index (χ0n) is 11.5. The molecule has 0 bridgehead atoms. The summed E-state index contributed by atoms with van der Waals surface area (Å²) in [5, 5.41) is 0. The molecule has 104 valence electrons. The number of hydrogen-bond donors (Lipinski definition) is 1. The Morgan fingerprint density at radius 2 is 1.90 bits per heavy atom. The predicted molar refractivity (Wildman–Crippen MR) is 80.4 cm³/mol. The van der Waals surface area contributed by atoms with E-state index in [1.165, 1.54) is 16.7 Å². The molecule has 1 aliphatic rings. The molecule has 3 heteroatoms. The van der Waals surface area contributed by atoms with E-state index in [1.54, 1.807) is 12.1 Å². The van der Waals surface area contributed by atoms with Gasteiger partial charge in [0.1, 0.15) is 5.82 Å². The van der Waals surface area contributed by atoms with E-state index in [1.807, 2.05) is 18.2 Å². The Kier molecular flexibility index (Phi) is 3.70. The van der Waals surface area contributed by atoms with Gasteiger partial charge in [-0.25, -0.2) is 4.39 Å². The van der Waals surface area contributed by atoms with E-state index >= 15 is 0 Å². The monoisotopic (exact) mass is 270 g/mol. The molecule has 0 saturated heterocycles. The van der Waals surface area contributed by atoms with Crippen LogP contribution in [-0.4, -0.2) is 13.1 Å². The number of benzene rings is 2. The second-order valence-corrected chi connectivity index (χ2v) is 5.23. The fourth-order valence-electron chi connectivity index (χ4n) is 2.91. The van der Waals surface area contributed by atoms with Crippen molar-refractivity contribution in [2.45, 2.75) is 19.4 Å². The maximum atomic E-state index is 13.4. The molecule has 2 aromatic rings. The molecule has 2 aromatic carbocycles. The Morgan fingerprint density at radius 1 is 1.10 bits per heavy atom. The number of nitrogens with zero attached hydrogens (tertiary/aromatic N) is 1. The van der Waals surface area contributed by atoms with Gasteiger partial charge < -0.3 is 10.6 Å². The van der Waals surface area contributed by atoms with Crippen molar-refractivity contribution in [3.8, 4) is 0 Å². The van der Waals surface area contributed by atoms with Crippen molar-refractivity contribution in [1.29, 1.82) is 0 Å². The smallest absolute Gasteiger partial charge is 0.125 e. The number of halogens is 1. The van der Waals surface area contributed by atoms with Crippen LogP contribution in [0.4, 0.5) is 10.1 Å². The van der Waals surface area contributed by atoms with Crippen molar-refractivity contribution < 1.29 is 4.39 Å². The van der Waals surface area contributed by atoms with Crippen LogP contribution >= 0.6 is 0 Å². The van der Waals surface area contributed by atoms with Crippen LogP contribution in [0.3, 0.4) is 0 Å². The highest BCUT2D eigenvalue weighted by molar-refractivity contribution is 5.58. The molecule has 0 aromatic heterocycles. The van der Waals surface area contributed by atoms with Crippen LogP contribution in [0.2, 0.25) is 0 Å². The highest BCUT2D eigenvalue weighted by Crippen LogP contribution is 2.28. The Balaban J connectivity index is 1.73. The molecule has 0 aliphatic carbocycles. The van der Waals surface area contributed by atoms with E-state index in [9.17, 15) is 4.39 Å². The van der Waals surface area contributed by atoms with E-state index in [0.29, 0.717) is 6.54 Å². The molecule has 2 N–H and O–H groups in total. The standard InChI is InChI=1S/C17H19FN2/c18-16-6-5-14-8-10-20(17(14)11-16)9-7-13-3-1-2-4-15(13)12-19/h1-6,11H,7-10,12,19H2. The Morgan fingerprint density at radius 3 is 2.70 bits per heavy atom. The number of hydrogen-bond acceptors (Lipinski definition) is 2. The average Bonchev–Trinajstić information content (AvgIpc) is 2.87. The Hall–Kier alpha value is -1.87. The van der Waals surface area contributed by atoms with E-state index in [2.05, 4.69) is 17.0 Å². The lowest BCUT2D eigenvalue weighted by Crippen LogP contribution is -2.23. The molecule has 3 rings (SSSR count). The van der Waals surface area contributed by atoms with Gasteiger partial charge in [0.05, 0.1) is 0 Å². The minimum absolute atomic E-state index is 0.155. The summed E-state index contributed by atoms with van der Waals surface area (Å²) in [4.78, 5) is 2.27. The summed E-state index contributed by atoms with van der Waals surface area (Å²) >= 11 is 0. The first-order valence-electron chi connectivity index (χ1n) is 7.08. The molecule has 0 radical (unpaired) electrons. The molecule has 20 heavy (non-hydrogen) atoms. The second-order valence-electron chi connectivity index (χ2n) is 5.23. The van der Waals surface area contributed by atoms with Crippen molar-refractivity contribution in [3.05, 3.63) is 65.0 Å². The molecule has 0 spiro atoms. The van der Waals surface area contributed by atoms with Crippen molar-refractivity contribution in [2.24, 2.45) is 5.73 Å². The average molecular weight is 270 g/mol. The Bertz CT molecular complexity index is 610. The lowest BCUT2D eigenvalue weighted by Gasteiger charge is -2.20. The molecular formula is C17H19FN2. The van der Waals surface area contributed by atoms with Gasteiger partial charge in [-0.05, 0) is 41.7 Å². The summed E-state index contributed by atoms with van der Waals surface area (Å²) in [5.41, 5.74) is 10.6. The molecule has 0 amide bonds. The zero-order valence-corrected chi connectivity index (χ0v) is 11.5. The molecule has 1 heterocycles. The first-order valence-corrected chi connectivity index (χ1v) is 7.08. The maximum Gasteiger partial charge on any atom is 0.125 e. The number of anilines is 1. The largest absolute Gasteiger partial charge is 0.371 e.